The average molecular weight is 252 g/mol. The van der Waals surface area contributed by atoms with Crippen molar-refractivity contribution in [3.8, 4) is 0 Å². The third kappa shape index (κ3) is 4.20. The fourth-order valence-corrected chi connectivity index (χ4v) is 1.47. The molecule has 1 aromatic heterocycles. The summed E-state index contributed by atoms with van der Waals surface area (Å²) in [7, 11) is 1.74. The SMILES string of the molecule is CCCNC(=O)CN(C)c1cc(=O)[nH]c(CC)n1. The van der Waals surface area contributed by atoms with Gasteiger partial charge in [-0.15, -0.1) is 0 Å². The van der Waals surface area contributed by atoms with E-state index in [-0.39, 0.29) is 18.0 Å². The first-order chi connectivity index (χ1) is 8.56. The van der Waals surface area contributed by atoms with Crippen LogP contribution in [0.25, 0.3) is 0 Å². The first kappa shape index (κ1) is 14.2. The monoisotopic (exact) mass is 252 g/mol. The molecule has 0 aromatic carbocycles. The van der Waals surface area contributed by atoms with Crippen LogP contribution in [0.4, 0.5) is 5.82 Å². The van der Waals surface area contributed by atoms with Crippen molar-refractivity contribution >= 4 is 11.7 Å². The van der Waals surface area contributed by atoms with Gasteiger partial charge in [0.15, 0.2) is 0 Å². The lowest BCUT2D eigenvalue weighted by Gasteiger charge is -2.17. The predicted molar refractivity (Wildman–Crippen MR) is 70.8 cm³/mol. The fraction of sp³-hybridized carbons (Fsp3) is 0.583. The summed E-state index contributed by atoms with van der Waals surface area (Å²) in [5, 5.41) is 2.78. The number of carbonyl (C=O) groups excluding carboxylic acids is 1. The standard InChI is InChI=1S/C12H20N4O2/c1-4-6-13-12(18)8-16(3)10-7-11(17)15-9(5-2)14-10/h7H,4-6,8H2,1-3H3,(H,13,18)(H,14,15,17). The van der Waals surface area contributed by atoms with Crippen LogP contribution in [-0.2, 0) is 11.2 Å². The molecule has 0 aliphatic heterocycles. The minimum absolute atomic E-state index is 0.0699. The van der Waals surface area contributed by atoms with Gasteiger partial charge in [0.05, 0.1) is 6.54 Å². The Morgan fingerprint density at radius 3 is 2.83 bits per heavy atom. The molecule has 0 aliphatic carbocycles. The number of aromatic amines is 1. The smallest absolute Gasteiger partial charge is 0.252 e. The minimum Gasteiger partial charge on any atom is -0.355 e. The third-order valence-corrected chi connectivity index (χ3v) is 2.46. The second-order valence-corrected chi connectivity index (χ2v) is 4.11. The highest BCUT2D eigenvalue weighted by Crippen LogP contribution is 2.05. The molecule has 0 radical (unpaired) electrons. The molecule has 0 saturated heterocycles. The molecule has 18 heavy (non-hydrogen) atoms. The maximum atomic E-state index is 11.6. The Hall–Kier alpha value is -1.85. The number of rotatable bonds is 6. The Balaban J connectivity index is 2.71. The number of carbonyl (C=O) groups is 1. The summed E-state index contributed by atoms with van der Waals surface area (Å²) in [6.45, 7) is 4.76. The second-order valence-electron chi connectivity index (χ2n) is 4.11. The molecule has 0 saturated carbocycles. The van der Waals surface area contributed by atoms with E-state index in [0.717, 1.165) is 6.42 Å². The van der Waals surface area contributed by atoms with E-state index >= 15 is 0 Å². The quantitative estimate of drug-likeness (QED) is 0.763. The molecule has 0 aliphatic rings. The number of hydrogen-bond acceptors (Lipinski definition) is 4. The maximum Gasteiger partial charge on any atom is 0.252 e. The Bertz CT molecular complexity index is 456. The number of H-pyrrole nitrogens is 1. The van der Waals surface area contributed by atoms with E-state index in [4.69, 9.17) is 0 Å². The average Bonchev–Trinajstić information content (AvgIpc) is 2.35. The van der Waals surface area contributed by atoms with Crippen molar-refractivity contribution in [3.05, 3.63) is 22.2 Å². The van der Waals surface area contributed by atoms with Gasteiger partial charge in [-0.25, -0.2) is 4.98 Å². The molecule has 1 heterocycles. The maximum absolute atomic E-state index is 11.6. The molecule has 1 amide bonds. The van der Waals surface area contributed by atoms with E-state index in [1.165, 1.54) is 6.07 Å². The van der Waals surface area contributed by atoms with Gasteiger partial charge in [-0.05, 0) is 6.42 Å². The number of aryl methyl sites for hydroxylation is 1. The van der Waals surface area contributed by atoms with Gasteiger partial charge < -0.3 is 15.2 Å². The van der Waals surface area contributed by atoms with Crippen LogP contribution in [0.3, 0.4) is 0 Å². The zero-order valence-electron chi connectivity index (χ0n) is 11.1. The molecule has 0 unspecified atom stereocenters. The van der Waals surface area contributed by atoms with Crippen LogP contribution in [0.15, 0.2) is 10.9 Å². The largest absolute Gasteiger partial charge is 0.355 e. The van der Waals surface area contributed by atoms with Gasteiger partial charge in [0.1, 0.15) is 11.6 Å². The predicted octanol–water partition coefficient (Wildman–Crippen LogP) is 0.295. The normalized spacial score (nSPS) is 10.2. The molecule has 6 nitrogen and oxygen atoms in total. The molecule has 0 atom stereocenters. The van der Waals surface area contributed by atoms with Crippen molar-refractivity contribution in [1.29, 1.82) is 0 Å². The van der Waals surface area contributed by atoms with Crippen LogP contribution in [0.1, 0.15) is 26.1 Å². The minimum atomic E-state index is -0.197. The van der Waals surface area contributed by atoms with Gasteiger partial charge >= 0.3 is 0 Å². The summed E-state index contributed by atoms with van der Waals surface area (Å²) in [6, 6.07) is 1.40. The van der Waals surface area contributed by atoms with Gasteiger partial charge in [-0.2, -0.15) is 0 Å². The van der Waals surface area contributed by atoms with Gasteiger partial charge in [-0.1, -0.05) is 13.8 Å². The fourth-order valence-electron chi connectivity index (χ4n) is 1.47. The summed E-state index contributed by atoms with van der Waals surface area (Å²) in [6.07, 6.45) is 1.55. The van der Waals surface area contributed by atoms with Gasteiger partial charge in [-0.3, -0.25) is 9.59 Å². The highest BCUT2D eigenvalue weighted by molar-refractivity contribution is 5.80. The van der Waals surface area contributed by atoms with Crippen molar-refractivity contribution in [2.24, 2.45) is 0 Å². The molecule has 0 fully saturated rings. The molecular formula is C12H20N4O2. The number of aromatic nitrogens is 2. The molecule has 2 N–H and O–H groups in total. The van der Waals surface area contributed by atoms with Crippen molar-refractivity contribution in [3.63, 3.8) is 0 Å². The lowest BCUT2D eigenvalue weighted by atomic mass is 10.4. The van der Waals surface area contributed by atoms with E-state index < -0.39 is 0 Å². The van der Waals surface area contributed by atoms with Crippen LogP contribution >= 0.6 is 0 Å². The molecule has 6 heteroatoms. The second kappa shape index (κ2) is 6.78. The summed E-state index contributed by atoms with van der Waals surface area (Å²) >= 11 is 0. The molecule has 100 valence electrons. The number of amides is 1. The van der Waals surface area contributed by atoms with E-state index in [1.807, 2.05) is 13.8 Å². The van der Waals surface area contributed by atoms with Crippen LogP contribution in [0.5, 0.6) is 0 Å². The van der Waals surface area contributed by atoms with Crippen LogP contribution < -0.4 is 15.8 Å². The Morgan fingerprint density at radius 2 is 2.22 bits per heavy atom. The number of hydrogen-bond donors (Lipinski definition) is 2. The number of likely N-dealkylation sites (N-methyl/N-ethyl adjacent to an activating group) is 1. The van der Waals surface area contributed by atoms with Crippen LogP contribution in [0, 0.1) is 0 Å². The molecule has 0 spiro atoms. The summed E-state index contributed by atoms with van der Waals surface area (Å²) in [5.74, 6) is 1.07. The molecule has 1 rings (SSSR count). The number of nitrogens with zero attached hydrogens (tertiary/aromatic N) is 2. The van der Waals surface area contributed by atoms with Crippen molar-refractivity contribution in [2.75, 3.05) is 25.0 Å². The van der Waals surface area contributed by atoms with E-state index in [0.29, 0.717) is 24.6 Å². The third-order valence-electron chi connectivity index (χ3n) is 2.46. The zero-order chi connectivity index (χ0) is 13.5. The Kier molecular flexibility index (Phi) is 5.35. The van der Waals surface area contributed by atoms with Crippen molar-refractivity contribution < 1.29 is 4.79 Å². The van der Waals surface area contributed by atoms with Crippen molar-refractivity contribution in [1.82, 2.24) is 15.3 Å². The molecular weight excluding hydrogens is 232 g/mol. The zero-order valence-corrected chi connectivity index (χ0v) is 11.1. The number of anilines is 1. The summed E-state index contributed by atoms with van der Waals surface area (Å²) in [5.41, 5.74) is -0.197. The van der Waals surface area contributed by atoms with E-state index in [2.05, 4.69) is 15.3 Å². The molecule has 0 bridgehead atoms. The van der Waals surface area contributed by atoms with E-state index in [1.54, 1.807) is 11.9 Å². The van der Waals surface area contributed by atoms with E-state index in [9.17, 15) is 9.59 Å². The van der Waals surface area contributed by atoms with Crippen LogP contribution in [0.2, 0.25) is 0 Å². The highest BCUT2D eigenvalue weighted by atomic mass is 16.2. The summed E-state index contributed by atoms with van der Waals surface area (Å²) in [4.78, 5) is 31.6. The Morgan fingerprint density at radius 1 is 1.50 bits per heavy atom. The van der Waals surface area contributed by atoms with Gasteiger partial charge in [0.2, 0.25) is 5.91 Å². The highest BCUT2D eigenvalue weighted by Gasteiger charge is 2.09. The topological polar surface area (TPSA) is 78.1 Å². The first-order valence-corrected chi connectivity index (χ1v) is 6.14. The molecule has 1 aromatic rings. The lowest BCUT2D eigenvalue weighted by Crippen LogP contribution is -2.36. The lowest BCUT2D eigenvalue weighted by molar-refractivity contribution is -0.119. The first-order valence-electron chi connectivity index (χ1n) is 6.14. The van der Waals surface area contributed by atoms with Crippen LogP contribution in [-0.4, -0.2) is 36.0 Å². The number of nitrogens with one attached hydrogen (secondary N) is 2. The Labute approximate surface area is 106 Å². The van der Waals surface area contributed by atoms with Gasteiger partial charge in [0.25, 0.3) is 5.56 Å². The summed E-state index contributed by atoms with van der Waals surface area (Å²) < 4.78 is 0. The van der Waals surface area contributed by atoms with Crippen molar-refractivity contribution in [2.45, 2.75) is 26.7 Å². The van der Waals surface area contributed by atoms with Gasteiger partial charge in [0, 0.05) is 26.1 Å².